The molecule has 1 atom stereocenters. The molecule has 26 heavy (non-hydrogen) atoms. The molecule has 1 aromatic carbocycles. The van der Waals surface area contributed by atoms with E-state index in [1.807, 2.05) is 29.2 Å². The molecule has 5 nitrogen and oxygen atoms in total. The SMILES string of the molecule is O=C(C1CCCC1)N1CCO[C@H](c2nccnc2-c2cccc(Cl)c2)C1. The van der Waals surface area contributed by atoms with E-state index < -0.39 is 0 Å². The quantitative estimate of drug-likeness (QED) is 0.821. The lowest BCUT2D eigenvalue weighted by atomic mass is 10.0. The van der Waals surface area contributed by atoms with Gasteiger partial charge in [-0.05, 0) is 25.0 Å². The number of amides is 1. The van der Waals surface area contributed by atoms with E-state index in [9.17, 15) is 4.79 Å². The predicted molar refractivity (Wildman–Crippen MR) is 99.7 cm³/mol. The number of hydrogen-bond donors (Lipinski definition) is 0. The molecule has 2 aromatic rings. The normalized spacial score (nSPS) is 21.1. The van der Waals surface area contributed by atoms with Gasteiger partial charge in [-0.15, -0.1) is 0 Å². The van der Waals surface area contributed by atoms with Crippen LogP contribution in [-0.2, 0) is 9.53 Å². The van der Waals surface area contributed by atoms with Crippen molar-refractivity contribution in [1.29, 1.82) is 0 Å². The van der Waals surface area contributed by atoms with Crippen LogP contribution in [-0.4, -0.2) is 40.5 Å². The summed E-state index contributed by atoms with van der Waals surface area (Å²) in [5.74, 6) is 0.451. The molecule has 2 aliphatic rings. The maximum absolute atomic E-state index is 12.8. The maximum Gasteiger partial charge on any atom is 0.225 e. The Morgan fingerprint density at radius 2 is 2.00 bits per heavy atom. The minimum atomic E-state index is -0.267. The number of halogens is 1. The Kier molecular flexibility index (Phi) is 5.18. The molecule has 0 bridgehead atoms. The Balaban J connectivity index is 1.58. The van der Waals surface area contributed by atoms with Crippen LogP contribution < -0.4 is 0 Å². The summed E-state index contributed by atoms with van der Waals surface area (Å²) in [6, 6.07) is 7.57. The first kappa shape index (κ1) is 17.4. The molecular formula is C20H22ClN3O2. The van der Waals surface area contributed by atoms with Gasteiger partial charge in [0.2, 0.25) is 5.91 Å². The summed E-state index contributed by atoms with van der Waals surface area (Å²) >= 11 is 6.14. The van der Waals surface area contributed by atoms with Crippen LogP contribution in [0.1, 0.15) is 37.5 Å². The molecule has 0 unspecified atom stereocenters. The zero-order valence-electron chi connectivity index (χ0n) is 14.6. The first-order valence-corrected chi connectivity index (χ1v) is 9.57. The molecule has 1 aromatic heterocycles. The second-order valence-electron chi connectivity index (χ2n) is 6.93. The van der Waals surface area contributed by atoms with Crippen molar-refractivity contribution in [3.8, 4) is 11.3 Å². The molecular weight excluding hydrogens is 350 g/mol. The highest BCUT2D eigenvalue weighted by atomic mass is 35.5. The van der Waals surface area contributed by atoms with Crippen LogP contribution >= 0.6 is 11.6 Å². The van der Waals surface area contributed by atoms with Crippen LogP contribution in [0.15, 0.2) is 36.7 Å². The number of rotatable bonds is 3. The summed E-state index contributed by atoms with van der Waals surface area (Å²) in [5, 5.41) is 0.654. The third-order valence-electron chi connectivity index (χ3n) is 5.21. The van der Waals surface area contributed by atoms with Crippen molar-refractivity contribution in [2.45, 2.75) is 31.8 Å². The fourth-order valence-electron chi connectivity index (χ4n) is 3.89. The van der Waals surface area contributed by atoms with Crippen LogP contribution in [0.25, 0.3) is 11.3 Å². The van der Waals surface area contributed by atoms with Crippen LogP contribution in [0.5, 0.6) is 0 Å². The zero-order chi connectivity index (χ0) is 17.9. The van der Waals surface area contributed by atoms with Crippen molar-refractivity contribution >= 4 is 17.5 Å². The van der Waals surface area contributed by atoms with E-state index in [1.165, 1.54) is 0 Å². The number of carbonyl (C=O) groups excluding carboxylic acids is 1. The van der Waals surface area contributed by atoms with Gasteiger partial charge in [0.15, 0.2) is 0 Å². The highest BCUT2D eigenvalue weighted by Crippen LogP contribution is 2.32. The van der Waals surface area contributed by atoms with Crippen molar-refractivity contribution in [1.82, 2.24) is 14.9 Å². The second kappa shape index (κ2) is 7.72. The number of hydrogen-bond acceptors (Lipinski definition) is 4. The molecule has 6 heteroatoms. The predicted octanol–water partition coefficient (Wildman–Crippen LogP) is 3.89. The molecule has 4 rings (SSSR count). The zero-order valence-corrected chi connectivity index (χ0v) is 15.4. The lowest BCUT2D eigenvalue weighted by molar-refractivity contribution is -0.143. The van der Waals surface area contributed by atoms with Crippen molar-refractivity contribution in [2.24, 2.45) is 5.92 Å². The average molecular weight is 372 g/mol. The number of carbonyl (C=O) groups is 1. The summed E-state index contributed by atoms with van der Waals surface area (Å²) < 4.78 is 5.97. The van der Waals surface area contributed by atoms with Gasteiger partial charge in [-0.1, -0.05) is 36.6 Å². The van der Waals surface area contributed by atoms with E-state index in [1.54, 1.807) is 12.4 Å². The number of aromatic nitrogens is 2. The third-order valence-corrected chi connectivity index (χ3v) is 5.45. The Morgan fingerprint density at radius 3 is 2.81 bits per heavy atom. The summed E-state index contributed by atoms with van der Waals surface area (Å²) in [4.78, 5) is 23.8. The Labute approximate surface area is 158 Å². The van der Waals surface area contributed by atoms with E-state index in [0.29, 0.717) is 24.7 Å². The molecule has 1 aliphatic carbocycles. The van der Waals surface area contributed by atoms with Gasteiger partial charge in [-0.25, -0.2) is 0 Å². The minimum Gasteiger partial charge on any atom is -0.368 e. The smallest absolute Gasteiger partial charge is 0.225 e. The Bertz CT molecular complexity index is 792. The van der Waals surface area contributed by atoms with Crippen LogP contribution in [0.3, 0.4) is 0 Å². The molecule has 2 fully saturated rings. The first-order chi connectivity index (χ1) is 12.7. The van der Waals surface area contributed by atoms with Crippen LogP contribution in [0.4, 0.5) is 0 Å². The van der Waals surface area contributed by atoms with E-state index in [4.69, 9.17) is 16.3 Å². The van der Waals surface area contributed by atoms with Gasteiger partial charge in [0.1, 0.15) is 6.10 Å². The van der Waals surface area contributed by atoms with E-state index in [2.05, 4.69) is 9.97 Å². The Hall–Kier alpha value is -1.98. The van der Waals surface area contributed by atoms with Crippen LogP contribution in [0.2, 0.25) is 5.02 Å². The number of ether oxygens (including phenoxy) is 1. The molecule has 1 saturated heterocycles. The van der Waals surface area contributed by atoms with Gasteiger partial charge >= 0.3 is 0 Å². The van der Waals surface area contributed by atoms with Gasteiger partial charge in [-0.3, -0.25) is 14.8 Å². The molecule has 1 aliphatic heterocycles. The summed E-state index contributed by atoms with van der Waals surface area (Å²) in [7, 11) is 0. The average Bonchev–Trinajstić information content (AvgIpc) is 3.22. The lowest BCUT2D eigenvalue weighted by Gasteiger charge is -2.34. The highest BCUT2D eigenvalue weighted by molar-refractivity contribution is 6.30. The van der Waals surface area contributed by atoms with E-state index in [-0.39, 0.29) is 17.9 Å². The lowest BCUT2D eigenvalue weighted by Crippen LogP contribution is -2.44. The van der Waals surface area contributed by atoms with Gasteiger partial charge in [0.05, 0.1) is 24.5 Å². The topological polar surface area (TPSA) is 55.3 Å². The van der Waals surface area contributed by atoms with Crippen molar-refractivity contribution < 1.29 is 9.53 Å². The summed E-state index contributed by atoms with van der Waals surface area (Å²) in [5.41, 5.74) is 2.43. The number of nitrogens with zero attached hydrogens (tertiary/aromatic N) is 3. The maximum atomic E-state index is 12.8. The molecule has 2 heterocycles. The largest absolute Gasteiger partial charge is 0.368 e. The molecule has 0 radical (unpaired) electrons. The monoisotopic (exact) mass is 371 g/mol. The molecule has 136 valence electrons. The first-order valence-electron chi connectivity index (χ1n) is 9.19. The van der Waals surface area contributed by atoms with Crippen molar-refractivity contribution in [3.05, 3.63) is 47.4 Å². The minimum absolute atomic E-state index is 0.183. The Morgan fingerprint density at radius 1 is 1.19 bits per heavy atom. The van der Waals surface area contributed by atoms with Gasteiger partial charge in [0.25, 0.3) is 0 Å². The molecule has 0 N–H and O–H groups in total. The number of benzene rings is 1. The number of morpholine rings is 1. The second-order valence-corrected chi connectivity index (χ2v) is 7.36. The van der Waals surface area contributed by atoms with E-state index >= 15 is 0 Å². The fourth-order valence-corrected chi connectivity index (χ4v) is 4.08. The molecule has 1 saturated carbocycles. The van der Waals surface area contributed by atoms with E-state index in [0.717, 1.165) is 42.6 Å². The summed E-state index contributed by atoms with van der Waals surface area (Å²) in [6.07, 6.45) is 7.42. The van der Waals surface area contributed by atoms with Crippen molar-refractivity contribution in [2.75, 3.05) is 19.7 Å². The third kappa shape index (κ3) is 3.60. The highest BCUT2D eigenvalue weighted by Gasteiger charge is 2.33. The van der Waals surface area contributed by atoms with Crippen molar-refractivity contribution in [3.63, 3.8) is 0 Å². The van der Waals surface area contributed by atoms with Crippen LogP contribution in [0, 0.1) is 5.92 Å². The summed E-state index contributed by atoms with van der Waals surface area (Å²) in [6.45, 7) is 1.70. The fraction of sp³-hybridized carbons (Fsp3) is 0.450. The standard InChI is InChI=1S/C20H22ClN3O2/c21-16-7-3-6-15(12-16)18-19(23-9-8-22-18)17-13-24(10-11-26-17)20(25)14-4-1-2-5-14/h3,6-9,12,14,17H,1-2,4-5,10-11,13H2/t17-/m0/s1. The van der Waals surface area contributed by atoms with Gasteiger partial charge < -0.3 is 9.64 Å². The molecule has 1 amide bonds. The van der Waals surface area contributed by atoms with Gasteiger partial charge in [-0.2, -0.15) is 0 Å². The van der Waals surface area contributed by atoms with Gasteiger partial charge in [0, 0.05) is 35.4 Å². The molecule has 0 spiro atoms.